The van der Waals surface area contributed by atoms with Crippen molar-refractivity contribution in [3.63, 3.8) is 0 Å². The van der Waals surface area contributed by atoms with E-state index in [0.29, 0.717) is 0 Å². The molecule has 0 amide bonds. The fourth-order valence-electron chi connectivity index (χ4n) is 0.552. The van der Waals surface area contributed by atoms with Crippen molar-refractivity contribution in [3.8, 4) is 0 Å². The van der Waals surface area contributed by atoms with Crippen LogP contribution in [0.5, 0.6) is 0 Å². The van der Waals surface area contributed by atoms with Gasteiger partial charge in [0.25, 0.3) is 0 Å². The third-order valence-electron chi connectivity index (χ3n) is 1.68. The number of thiol groups is 1. The minimum atomic E-state index is 0.839. The van der Waals surface area contributed by atoms with E-state index in [1.54, 1.807) is 0 Å². The van der Waals surface area contributed by atoms with Crippen molar-refractivity contribution in [1.29, 1.82) is 0 Å². The summed E-state index contributed by atoms with van der Waals surface area (Å²) in [5.74, 6) is 0. The maximum atomic E-state index is 4.15. The first-order chi connectivity index (χ1) is 4.95. The van der Waals surface area contributed by atoms with Gasteiger partial charge in [-0.3, -0.25) is 0 Å². The predicted octanol–water partition coefficient (Wildman–Crippen LogP) is 3.73. The molecule has 0 atom stereocenters. The highest BCUT2D eigenvalue weighted by Gasteiger charge is 1.91. The summed E-state index contributed by atoms with van der Waals surface area (Å²) in [4.78, 5) is 0.839. The van der Waals surface area contributed by atoms with E-state index in [9.17, 15) is 0 Å². The van der Waals surface area contributed by atoms with Gasteiger partial charge in [0, 0.05) is 0 Å². The lowest BCUT2D eigenvalue weighted by atomic mass is 10.1. The summed E-state index contributed by atoms with van der Waals surface area (Å²) in [7, 11) is 0. The van der Waals surface area contributed by atoms with Crippen LogP contribution in [0, 0.1) is 0 Å². The van der Waals surface area contributed by atoms with E-state index < -0.39 is 0 Å². The molecule has 0 saturated heterocycles. The molecule has 0 N–H and O–H groups in total. The average Bonchev–Trinajstić information content (AvgIpc) is 1.87. The van der Waals surface area contributed by atoms with Gasteiger partial charge in [-0.05, 0) is 38.2 Å². The number of hydrogen-bond acceptors (Lipinski definition) is 1. The van der Waals surface area contributed by atoms with Crippen molar-refractivity contribution in [3.05, 3.63) is 34.3 Å². The van der Waals surface area contributed by atoms with Gasteiger partial charge in [0.15, 0.2) is 0 Å². The van der Waals surface area contributed by atoms with Crippen LogP contribution < -0.4 is 0 Å². The molecule has 0 rings (SSSR count). The van der Waals surface area contributed by atoms with E-state index in [1.807, 2.05) is 6.92 Å². The lowest BCUT2D eigenvalue weighted by Crippen LogP contribution is -1.78. The van der Waals surface area contributed by atoms with Gasteiger partial charge in [-0.15, -0.1) is 12.6 Å². The Hall–Kier alpha value is -0.430. The molecule has 11 heavy (non-hydrogen) atoms. The van der Waals surface area contributed by atoms with Gasteiger partial charge in [-0.25, -0.2) is 0 Å². The lowest BCUT2D eigenvalue weighted by Gasteiger charge is -2.00. The molecule has 0 saturated carbocycles. The van der Waals surface area contributed by atoms with Gasteiger partial charge >= 0.3 is 0 Å². The summed E-state index contributed by atoms with van der Waals surface area (Å²) in [6.45, 7) is 12.0. The molecule has 0 heterocycles. The van der Waals surface area contributed by atoms with Crippen molar-refractivity contribution in [2.45, 2.75) is 27.7 Å². The molecule has 0 unspecified atom stereocenters. The van der Waals surface area contributed by atoms with Crippen LogP contribution in [0.4, 0.5) is 0 Å². The monoisotopic (exact) mass is 168 g/mol. The Morgan fingerprint density at radius 3 is 1.91 bits per heavy atom. The number of allylic oxidation sites excluding steroid dienone is 4. The third-order valence-corrected chi connectivity index (χ3v) is 2.03. The molecule has 0 aliphatic rings. The van der Waals surface area contributed by atoms with Crippen LogP contribution in [0.2, 0.25) is 0 Å². The van der Waals surface area contributed by atoms with Gasteiger partial charge in [-0.2, -0.15) is 0 Å². The first-order valence-corrected chi connectivity index (χ1v) is 4.10. The third kappa shape index (κ3) is 4.10. The highest BCUT2D eigenvalue weighted by Crippen LogP contribution is 2.14. The average molecular weight is 168 g/mol. The minimum Gasteiger partial charge on any atom is -0.144 e. The molecule has 0 fully saturated rings. The maximum absolute atomic E-state index is 4.15. The van der Waals surface area contributed by atoms with Crippen molar-refractivity contribution in [2.75, 3.05) is 0 Å². The predicted molar refractivity (Wildman–Crippen MR) is 55.9 cm³/mol. The maximum Gasteiger partial charge on any atom is -0.000265 e. The molecule has 0 aliphatic heterocycles. The highest BCUT2D eigenvalue weighted by molar-refractivity contribution is 7.84. The molecule has 0 nitrogen and oxygen atoms in total. The second-order valence-electron chi connectivity index (χ2n) is 2.96. The first-order valence-electron chi connectivity index (χ1n) is 3.65. The van der Waals surface area contributed by atoms with E-state index in [2.05, 4.69) is 46.1 Å². The fourth-order valence-corrected chi connectivity index (χ4v) is 0.617. The van der Waals surface area contributed by atoms with Crippen LogP contribution in [0.1, 0.15) is 27.7 Å². The molecule has 0 aromatic carbocycles. The molecular formula is C10H16S. The Morgan fingerprint density at radius 2 is 1.64 bits per heavy atom. The second-order valence-corrected chi connectivity index (χ2v) is 3.50. The molecule has 62 valence electrons. The Balaban J connectivity index is 4.58. The van der Waals surface area contributed by atoms with Crippen LogP contribution in [0.3, 0.4) is 0 Å². The van der Waals surface area contributed by atoms with Crippen molar-refractivity contribution < 1.29 is 0 Å². The Labute approximate surface area is 75.1 Å². The van der Waals surface area contributed by atoms with Crippen LogP contribution in [-0.2, 0) is 0 Å². The molecule has 0 bridgehead atoms. The normalized spacial score (nSPS) is 11.2. The van der Waals surface area contributed by atoms with Crippen LogP contribution in [-0.4, -0.2) is 0 Å². The quantitative estimate of drug-likeness (QED) is 0.471. The zero-order chi connectivity index (χ0) is 9.02. The number of rotatable bonds is 2. The SMILES string of the molecule is C=C(S)/C(C)=C\C(C)=C(C)C. The zero-order valence-corrected chi connectivity index (χ0v) is 8.63. The molecule has 0 aromatic heterocycles. The summed E-state index contributed by atoms with van der Waals surface area (Å²) >= 11 is 4.15. The molecule has 0 radical (unpaired) electrons. The lowest BCUT2D eigenvalue weighted by molar-refractivity contribution is 1.28. The largest absolute Gasteiger partial charge is 0.144 e. The van der Waals surface area contributed by atoms with Crippen molar-refractivity contribution in [1.82, 2.24) is 0 Å². The van der Waals surface area contributed by atoms with E-state index in [-0.39, 0.29) is 0 Å². The fraction of sp³-hybridized carbons (Fsp3) is 0.400. The van der Waals surface area contributed by atoms with Crippen molar-refractivity contribution in [2.24, 2.45) is 0 Å². The summed E-state index contributed by atoms with van der Waals surface area (Å²) in [6.07, 6.45) is 2.10. The van der Waals surface area contributed by atoms with Gasteiger partial charge in [0.05, 0.1) is 0 Å². The molecule has 0 aliphatic carbocycles. The smallest absolute Gasteiger partial charge is 0.000265 e. The second kappa shape index (κ2) is 4.45. The van der Waals surface area contributed by atoms with Crippen LogP contribution >= 0.6 is 12.6 Å². The minimum absolute atomic E-state index is 0.839. The van der Waals surface area contributed by atoms with Gasteiger partial charge in [0.2, 0.25) is 0 Å². The Kier molecular flexibility index (Phi) is 4.27. The van der Waals surface area contributed by atoms with E-state index in [0.717, 1.165) is 10.5 Å². The van der Waals surface area contributed by atoms with E-state index in [1.165, 1.54) is 11.1 Å². The van der Waals surface area contributed by atoms with Crippen molar-refractivity contribution >= 4 is 12.6 Å². The van der Waals surface area contributed by atoms with E-state index >= 15 is 0 Å². The van der Waals surface area contributed by atoms with Crippen LogP contribution in [0.25, 0.3) is 0 Å². The molecule has 1 heteroatoms. The van der Waals surface area contributed by atoms with Gasteiger partial charge in [-0.1, -0.05) is 23.8 Å². The summed E-state index contributed by atoms with van der Waals surface area (Å²) in [6, 6.07) is 0. The van der Waals surface area contributed by atoms with Gasteiger partial charge < -0.3 is 0 Å². The summed E-state index contributed by atoms with van der Waals surface area (Å²) < 4.78 is 0. The highest BCUT2D eigenvalue weighted by atomic mass is 32.1. The molecular weight excluding hydrogens is 152 g/mol. The van der Waals surface area contributed by atoms with E-state index in [4.69, 9.17) is 0 Å². The summed E-state index contributed by atoms with van der Waals surface area (Å²) in [5.41, 5.74) is 3.75. The van der Waals surface area contributed by atoms with Crippen LogP contribution in [0.15, 0.2) is 34.3 Å². The molecule has 0 aromatic rings. The molecule has 0 spiro atoms. The van der Waals surface area contributed by atoms with Gasteiger partial charge in [0.1, 0.15) is 0 Å². The number of hydrogen-bond donors (Lipinski definition) is 1. The topological polar surface area (TPSA) is 0 Å². The summed E-state index contributed by atoms with van der Waals surface area (Å²) in [5, 5.41) is 0. The Morgan fingerprint density at radius 1 is 1.18 bits per heavy atom. The standard InChI is InChI=1S/C10H16S/c1-7(2)8(3)6-9(4)10(5)11/h6,11H,5H2,1-4H3/b9-6-. The first kappa shape index (κ1) is 10.6. The zero-order valence-electron chi connectivity index (χ0n) is 7.73. The Bertz CT molecular complexity index is 215.